The molecule has 0 bridgehead atoms. The van der Waals surface area contributed by atoms with Crippen molar-refractivity contribution < 1.29 is 0 Å². The van der Waals surface area contributed by atoms with Crippen LogP contribution in [0.25, 0.3) is 0 Å². The van der Waals surface area contributed by atoms with E-state index in [1.807, 2.05) is 0 Å². The van der Waals surface area contributed by atoms with Crippen molar-refractivity contribution in [2.24, 2.45) is 0 Å². The Hall–Kier alpha value is -1.33. The zero-order valence-electron chi connectivity index (χ0n) is 12.6. The highest BCUT2D eigenvalue weighted by Crippen LogP contribution is 2.15. The summed E-state index contributed by atoms with van der Waals surface area (Å²) in [5.74, 6) is 0. The normalized spacial score (nSPS) is 19.9. The Bertz CT molecular complexity index is 485. The van der Waals surface area contributed by atoms with Gasteiger partial charge in [-0.3, -0.25) is 4.79 Å². The molecule has 0 spiro atoms. The average Bonchev–Trinajstić information content (AvgIpc) is 2.79. The molecule has 0 aromatic carbocycles. The summed E-state index contributed by atoms with van der Waals surface area (Å²) in [6.45, 7) is 4.07. The summed E-state index contributed by atoms with van der Waals surface area (Å²) in [5, 5.41) is 0. The van der Waals surface area contributed by atoms with Crippen LogP contribution in [0.3, 0.4) is 0 Å². The summed E-state index contributed by atoms with van der Waals surface area (Å²) in [6.07, 6.45) is 5.31. The van der Waals surface area contributed by atoms with E-state index >= 15 is 0 Å². The number of rotatable bonds is 6. The number of hydrogen-bond acceptors (Lipinski definition) is 4. The van der Waals surface area contributed by atoms with Gasteiger partial charge in [-0.05, 0) is 52.5 Å². The van der Waals surface area contributed by atoms with Crippen LogP contribution < -0.4 is 11.3 Å². The van der Waals surface area contributed by atoms with Gasteiger partial charge in [-0.25, -0.2) is 0 Å². The highest BCUT2D eigenvalue weighted by atomic mass is 16.1. The number of nitrogens with zero attached hydrogens (tertiary/aromatic N) is 3. The fourth-order valence-electron chi connectivity index (χ4n) is 2.90. The Morgan fingerprint density at radius 3 is 2.95 bits per heavy atom. The topological polar surface area (TPSA) is 54.5 Å². The standard InChI is InChI=1S/C15H26N4O/c1-17(12-14-5-3-9-18(14)2)8-4-10-19-11-13(16)6-7-15(19)20/h6-7,11,14H,3-5,8-10,12,16H2,1-2H3. The van der Waals surface area contributed by atoms with Gasteiger partial charge in [-0.2, -0.15) is 0 Å². The van der Waals surface area contributed by atoms with E-state index < -0.39 is 0 Å². The minimum Gasteiger partial charge on any atom is -0.398 e. The molecule has 1 fully saturated rings. The largest absolute Gasteiger partial charge is 0.398 e. The molecule has 0 saturated carbocycles. The van der Waals surface area contributed by atoms with Gasteiger partial charge in [0.05, 0.1) is 0 Å². The molecule has 2 rings (SSSR count). The number of aryl methyl sites for hydroxylation is 1. The Balaban J connectivity index is 1.75. The Kier molecular flexibility index (Phi) is 5.20. The van der Waals surface area contributed by atoms with Crippen molar-refractivity contribution >= 4 is 5.69 Å². The third-order valence-corrected chi connectivity index (χ3v) is 4.14. The van der Waals surface area contributed by atoms with E-state index in [4.69, 9.17) is 5.73 Å². The van der Waals surface area contributed by atoms with E-state index in [2.05, 4.69) is 23.9 Å². The van der Waals surface area contributed by atoms with Crippen molar-refractivity contribution in [3.05, 3.63) is 28.7 Å². The van der Waals surface area contributed by atoms with Crippen LogP contribution >= 0.6 is 0 Å². The minimum atomic E-state index is 0.0254. The van der Waals surface area contributed by atoms with Crippen LogP contribution in [0, 0.1) is 0 Å². The van der Waals surface area contributed by atoms with Crippen molar-refractivity contribution in [1.29, 1.82) is 0 Å². The zero-order chi connectivity index (χ0) is 14.5. The molecule has 1 saturated heterocycles. The molecular formula is C15H26N4O. The number of likely N-dealkylation sites (tertiary alicyclic amines) is 1. The maximum Gasteiger partial charge on any atom is 0.250 e. The predicted octanol–water partition coefficient (Wildman–Crippen LogP) is 0.847. The average molecular weight is 278 g/mol. The summed E-state index contributed by atoms with van der Waals surface area (Å²) in [5.41, 5.74) is 6.38. The molecule has 2 heterocycles. The van der Waals surface area contributed by atoms with Crippen molar-refractivity contribution in [2.45, 2.75) is 31.8 Å². The first-order valence-electron chi connectivity index (χ1n) is 7.41. The van der Waals surface area contributed by atoms with Gasteiger partial charge in [0.25, 0.3) is 5.56 Å². The zero-order valence-corrected chi connectivity index (χ0v) is 12.6. The number of nitrogen functional groups attached to an aromatic ring is 1. The van der Waals surface area contributed by atoms with Gasteiger partial charge in [-0.1, -0.05) is 0 Å². The molecule has 1 aliphatic heterocycles. The van der Waals surface area contributed by atoms with E-state index in [-0.39, 0.29) is 5.56 Å². The van der Waals surface area contributed by atoms with E-state index in [1.54, 1.807) is 16.8 Å². The van der Waals surface area contributed by atoms with E-state index in [9.17, 15) is 4.79 Å². The van der Waals surface area contributed by atoms with Gasteiger partial charge in [0.2, 0.25) is 0 Å². The second-order valence-corrected chi connectivity index (χ2v) is 5.89. The van der Waals surface area contributed by atoms with Gasteiger partial charge in [0, 0.05) is 37.1 Å². The number of nitrogens with two attached hydrogens (primary N) is 1. The van der Waals surface area contributed by atoms with Gasteiger partial charge < -0.3 is 20.1 Å². The van der Waals surface area contributed by atoms with E-state index in [1.165, 1.54) is 25.5 Å². The number of anilines is 1. The van der Waals surface area contributed by atoms with E-state index in [0.29, 0.717) is 11.7 Å². The van der Waals surface area contributed by atoms with Crippen LogP contribution in [0.2, 0.25) is 0 Å². The molecule has 1 aromatic rings. The Morgan fingerprint density at radius 1 is 1.45 bits per heavy atom. The lowest BCUT2D eigenvalue weighted by molar-refractivity contribution is 0.216. The SMILES string of the molecule is CN(CCCn1cc(N)ccc1=O)CC1CCCN1C. The highest BCUT2D eigenvalue weighted by molar-refractivity contribution is 5.33. The van der Waals surface area contributed by atoms with Crippen LogP contribution in [-0.4, -0.2) is 54.1 Å². The quantitative estimate of drug-likeness (QED) is 0.838. The van der Waals surface area contributed by atoms with Crippen molar-refractivity contribution in [3.8, 4) is 0 Å². The molecule has 1 aromatic heterocycles. The maximum absolute atomic E-state index is 11.7. The first-order valence-corrected chi connectivity index (χ1v) is 7.41. The summed E-state index contributed by atoms with van der Waals surface area (Å²) >= 11 is 0. The summed E-state index contributed by atoms with van der Waals surface area (Å²) in [4.78, 5) is 16.5. The van der Waals surface area contributed by atoms with Gasteiger partial charge in [0.15, 0.2) is 0 Å². The van der Waals surface area contributed by atoms with E-state index in [0.717, 1.165) is 26.1 Å². The van der Waals surface area contributed by atoms with Crippen molar-refractivity contribution in [1.82, 2.24) is 14.4 Å². The number of pyridine rings is 1. The minimum absolute atomic E-state index is 0.0254. The van der Waals surface area contributed by atoms with Gasteiger partial charge in [-0.15, -0.1) is 0 Å². The molecule has 20 heavy (non-hydrogen) atoms. The third kappa shape index (κ3) is 4.08. The van der Waals surface area contributed by atoms with Crippen molar-refractivity contribution in [2.75, 3.05) is 39.5 Å². The van der Waals surface area contributed by atoms with Crippen LogP contribution in [0.1, 0.15) is 19.3 Å². The second-order valence-electron chi connectivity index (χ2n) is 5.89. The van der Waals surface area contributed by atoms with Crippen LogP contribution in [-0.2, 0) is 6.54 Å². The second kappa shape index (κ2) is 6.90. The maximum atomic E-state index is 11.7. The molecule has 5 heteroatoms. The summed E-state index contributed by atoms with van der Waals surface area (Å²) in [6, 6.07) is 3.88. The number of hydrogen-bond donors (Lipinski definition) is 1. The summed E-state index contributed by atoms with van der Waals surface area (Å²) < 4.78 is 1.70. The van der Waals surface area contributed by atoms with Gasteiger partial charge >= 0.3 is 0 Å². The number of likely N-dealkylation sites (N-methyl/N-ethyl adjacent to an activating group) is 2. The van der Waals surface area contributed by atoms with Crippen molar-refractivity contribution in [3.63, 3.8) is 0 Å². The van der Waals surface area contributed by atoms with Crippen LogP contribution in [0.4, 0.5) is 5.69 Å². The van der Waals surface area contributed by atoms with Crippen LogP contribution in [0.5, 0.6) is 0 Å². The molecule has 1 atom stereocenters. The molecule has 112 valence electrons. The Morgan fingerprint density at radius 2 is 2.25 bits per heavy atom. The number of aromatic nitrogens is 1. The molecule has 0 radical (unpaired) electrons. The molecule has 0 aliphatic carbocycles. The lowest BCUT2D eigenvalue weighted by Gasteiger charge is -2.25. The molecule has 1 aliphatic rings. The molecule has 2 N–H and O–H groups in total. The predicted molar refractivity (Wildman–Crippen MR) is 82.9 cm³/mol. The van der Waals surface area contributed by atoms with Gasteiger partial charge in [0.1, 0.15) is 0 Å². The molecule has 1 unspecified atom stereocenters. The lowest BCUT2D eigenvalue weighted by atomic mass is 10.2. The monoisotopic (exact) mass is 278 g/mol. The first kappa shape index (κ1) is 15.1. The highest BCUT2D eigenvalue weighted by Gasteiger charge is 2.21. The molecular weight excluding hydrogens is 252 g/mol. The smallest absolute Gasteiger partial charge is 0.250 e. The third-order valence-electron chi connectivity index (χ3n) is 4.14. The summed E-state index contributed by atoms with van der Waals surface area (Å²) in [7, 11) is 4.37. The fourth-order valence-corrected chi connectivity index (χ4v) is 2.90. The fraction of sp³-hybridized carbons (Fsp3) is 0.667. The molecule has 0 amide bonds. The molecule has 5 nitrogen and oxygen atoms in total. The first-order chi connectivity index (χ1) is 9.56. The lowest BCUT2D eigenvalue weighted by Crippen LogP contribution is -2.37. The van der Waals surface area contributed by atoms with Crippen LogP contribution in [0.15, 0.2) is 23.1 Å². The Labute approximate surface area is 121 Å².